The molecule has 2 aromatic rings. The molecule has 0 bridgehead atoms. The predicted molar refractivity (Wildman–Crippen MR) is 84.3 cm³/mol. The molecular weight excluding hydrogens is 281 g/mol. The Balaban J connectivity index is 2.27. The van der Waals surface area contributed by atoms with Gasteiger partial charge in [0.25, 0.3) is 0 Å². The van der Waals surface area contributed by atoms with Crippen molar-refractivity contribution in [3.05, 3.63) is 53.3 Å². The van der Waals surface area contributed by atoms with Crippen molar-refractivity contribution in [3.63, 3.8) is 0 Å². The fourth-order valence-corrected chi connectivity index (χ4v) is 1.95. The molecule has 0 unspecified atom stereocenters. The van der Waals surface area contributed by atoms with E-state index in [0.717, 1.165) is 24.7 Å². The molecule has 4 nitrogen and oxygen atoms in total. The minimum Gasteiger partial charge on any atom is -0.456 e. The monoisotopic (exact) mass is 297 g/mol. The number of anilines is 1. The standard InChI is InChI=1S/C17H16FN3O/c1-2-7-21-16-5-4-15(9-12(16)10-19)22-17-6-3-14(18)8-13(17)11-20/h3-6,8-10,19,21H,2,7H2,1H3. The van der Waals surface area contributed by atoms with Crippen LogP contribution in [0.3, 0.4) is 0 Å². The Morgan fingerprint density at radius 1 is 1.32 bits per heavy atom. The molecule has 2 N–H and O–H groups in total. The third-order valence-corrected chi connectivity index (χ3v) is 3.03. The van der Waals surface area contributed by atoms with Gasteiger partial charge in [0, 0.05) is 24.0 Å². The Bertz CT molecular complexity index is 722. The molecule has 2 aromatic carbocycles. The van der Waals surface area contributed by atoms with Crippen LogP contribution in [0.4, 0.5) is 10.1 Å². The minimum absolute atomic E-state index is 0.129. The second-order valence-electron chi connectivity index (χ2n) is 4.67. The Hall–Kier alpha value is -2.87. The number of hydrogen-bond acceptors (Lipinski definition) is 4. The lowest BCUT2D eigenvalue weighted by Gasteiger charge is -2.12. The highest BCUT2D eigenvalue weighted by atomic mass is 19.1. The first-order valence-electron chi connectivity index (χ1n) is 6.93. The smallest absolute Gasteiger partial charge is 0.145 e. The van der Waals surface area contributed by atoms with Gasteiger partial charge in [-0.2, -0.15) is 5.26 Å². The van der Waals surface area contributed by atoms with Gasteiger partial charge in [0.2, 0.25) is 0 Å². The van der Waals surface area contributed by atoms with E-state index in [2.05, 4.69) is 12.2 Å². The SMILES string of the molecule is CCCNc1ccc(Oc2ccc(F)cc2C#N)cc1C=N. The van der Waals surface area contributed by atoms with Crippen LogP contribution < -0.4 is 10.1 Å². The van der Waals surface area contributed by atoms with E-state index in [9.17, 15) is 4.39 Å². The topological polar surface area (TPSA) is 68.9 Å². The van der Waals surface area contributed by atoms with Crippen LogP contribution in [0, 0.1) is 22.6 Å². The number of halogens is 1. The molecule has 0 amide bonds. The van der Waals surface area contributed by atoms with Crippen molar-refractivity contribution in [3.8, 4) is 17.6 Å². The zero-order chi connectivity index (χ0) is 15.9. The Morgan fingerprint density at radius 2 is 2.14 bits per heavy atom. The van der Waals surface area contributed by atoms with Crippen molar-refractivity contribution >= 4 is 11.9 Å². The number of nitrogens with one attached hydrogen (secondary N) is 2. The van der Waals surface area contributed by atoms with E-state index in [1.165, 1.54) is 18.3 Å². The average Bonchev–Trinajstić information content (AvgIpc) is 2.55. The summed E-state index contributed by atoms with van der Waals surface area (Å²) < 4.78 is 18.8. The van der Waals surface area contributed by atoms with Crippen molar-refractivity contribution in [2.75, 3.05) is 11.9 Å². The second kappa shape index (κ2) is 7.23. The molecule has 112 valence electrons. The summed E-state index contributed by atoms with van der Waals surface area (Å²) in [6, 6.07) is 11.0. The number of nitrogens with zero attached hydrogens (tertiary/aromatic N) is 1. The molecule has 0 saturated carbocycles. The molecule has 0 radical (unpaired) electrons. The molecule has 0 aliphatic rings. The zero-order valence-corrected chi connectivity index (χ0v) is 12.2. The molecule has 2 rings (SSSR count). The fraction of sp³-hybridized carbons (Fsp3) is 0.176. The quantitative estimate of drug-likeness (QED) is 0.781. The highest BCUT2D eigenvalue weighted by molar-refractivity contribution is 5.86. The first-order valence-corrected chi connectivity index (χ1v) is 6.93. The van der Waals surface area contributed by atoms with Crippen LogP contribution in [0.1, 0.15) is 24.5 Å². The summed E-state index contributed by atoms with van der Waals surface area (Å²) in [7, 11) is 0. The van der Waals surface area contributed by atoms with Crippen LogP contribution in [0.25, 0.3) is 0 Å². The van der Waals surface area contributed by atoms with E-state index in [-0.39, 0.29) is 11.3 Å². The predicted octanol–water partition coefficient (Wildman–Crippen LogP) is 4.31. The van der Waals surface area contributed by atoms with Crippen molar-refractivity contribution < 1.29 is 9.13 Å². The third kappa shape index (κ3) is 3.61. The van der Waals surface area contributed by atoms with Crippen molar-refractivity contribution in [1.82, 2.24) is 0 Å². The van der Waals surface area contributed by atoms with Gasteiger partial charge < -0.3 is 15.5 Å². The summed E-state index contributed by atoms with van der Waals surface area (Å²) in [4.78, 5) is 0. The number of ether oxygens (including phenoxy) is 1. The van der Waals surface area contributed by atoms with Gasteiger partial charge in [-0.15, -0.1) is 0 Å². The van der Waals surface area contributed by atoms with Gasteiger partial charge in [-0.25, -0.2) is 4.39 Å². The van der Waals surface area contributed by atoms with E-state index < -0.39 is 5.82 Å². The van der Waals surface area contributed by atoms with Crippen LogP contribution in [0.2, 0.25) is 0 Å². The molecule has 0 saturated heterocycles. The van der Waals surface area contributed by atoms with Crippen LogP contribution >= 0.6 is 0 Å². The molecule has 0 aliphatic carbocycles. The molecular formula is C17H16FN3O. The maximum atomic E-state index is 13.1. The van der Waals surface area contributed by atoms with Crippen LogP contribution in [0.15, 0.2) is 36.4 Å². The third-order valence-electron chi connectivity index (χ3n) is 3.03. The molecule has 0 aliphatic heterocycles. The van der Waals surface area contributed by atoms with Gasteiger partial charge in [0.05, 0.1) is 5.56 Å². The summed E-state index contributed by atoms with van der Waals surface area (Å²) in [6.07, 6.45) is 2.22. The number of hydrogen-bond donors (Lipinski definition) is 2. The summed E-state index contributed by atoms with van der Waals surface area (Å²) in [6.45, 7) is 2.88. The summed E-state index contributed by atoms with van der Waals surface area (Å²) in [5.74, 6) is 0.293. The lowest BCUT2D eigenvalue weighted by Crippen LogP contribution is -2.02. The Labute approximate surface area is 128 Å². The summed E-state index contributed by atoms with van der Waals surface area (Å²) >= 11 is 0. The van der Waals surface area contributed by atoms with Gasteiger partial charge in [-0.05, 0) is 42.8 Å². The van der Waals surface area contributed by atoms with Gasteiger partial charge in [0.15, 0.2) is 0 Å². The van der Waals surface area contributed by atoms with E-state index in [1.807, 2.05) is 12.1 Å². The maximum absolute atomic E-state index is 13.1. The second-order valence-corrected chi connectivity index (χ2v) is 4.67. The molecule has 0 heterocycles. The summed E-state index contributed by atoms with van der Waals surface area (Å²) in [5.41, 5.74) is 1.67. The van der Waals surface area contributed by atoms with E-state index >= 15 is 0 Å². The fourth-order valence-electron chi connectivity index (χ4n) is 1.95. The minimum atomic E-state index is -0.483. The normalized spacial score (nSPS) is 9.86. The molecule has 0 fully saturated rings. The molecule has 0 spiro atoms. The lowest BCUT2D eigenvalue weighted by atomic mass is 10.1. The maximum Gasteiger partial charge on any atom is 0.145 e. The van der Waals surface area contributed by atoms with Crippen molar-refractivity contribution in [1.29, 1.82) is 10.7 Å². The van der Waals surface area contributed by atoms with E-state index in [1.54, 1.807) is 12.1 Å². The zero-order valence-electron chi connectivity index (χ0n) is 12.2. The summed E-state index contributed by atoms with van der Waals surface area (Å²) in [5, 5.41) is 19.7. The molecule has 0 aromatic heterocycles. The van der Waals surface area contributed by atoms with E-state index in [0.29, 0.717) is 11.3 Å². The first-order chi connectivity index (χ1) is 10.7. The number of benzene rings is 2. The van der Waals surface area contributed by atoms with Crippen LogP contribution in [-0.2, 0) is 0 Å². The van der Waals surface area contributed by atoms with E-state index in [4.69, 9.17) is 15.4 Å². The largest absolute Gasteiger partial charge is 0.456 e. The average molecular weight is 297 g/mol. The Morgan fingerprint density at radius 3 is 2.82 bits per heavy atom. The van der Waals surface area contributed by atoms with Gasteiger partial charge in [-0.3, -0.25) is 0 Å². The Kier molecular flexibility index (Phi) is 5.10. The van der Waals surface area contributed by atoms with Gasteiger partial charge in [-0.1, -0.05) is 6.92 Å². The lowest BCUT2D eigenvalue weighted by molar-refractivity contribution is 0.479. The number of nitriles is 1. The van der Waals surface area contributed by atoms with Crippen LogP contribution in [0.5, 0.6) is 11.5 Å². The first kappa shape index (κ1) is 15.5. The van der Waals surface area contributed by atoms with Crippen molar-refractivity contribution in [2.45, 2.75) is 13.3 Å². The van der Waals surface area contributed by atoms with Crippen LogP contribution in [-0.4, -0.2) is 12.8 Å². The number of rotatable bonds is 6. The van der Waals surface area contributed by atoms with Crippen molar-refractivity contribution in [2.24, 2.45) is 0 Å². The molecule has 5 heteroatoms. The molecule has 22 heavy (non-hydrogen) atoms. The van der Waals surface area contributed by atoms with Gasteiger partial charge in [0.1, 0.15) is 23.4 Å². The van der Waals surface area contributed by atoms with Gasteiger partial charge >= 0.3 is 0 Å². The highest BCUT2D eigenvalue weighted by Gasteiger charge is 2.08. The highest BCUT2D eigenvalue weighted by Crippen LogP contribution is 2.28. The molecule has 0 atom stereocenters.